The van der Waals surface area contributed by atoms with E-state index in [1.54, 1.807) is 0 Å². The lowest BCUT2D eigenvalue weighted by Crippen LogP contribution is -2.14. The van der Waals surface area contributed by atoms with E-state index in [0.29, 0.717) is 0 Å². The second-order valence-electron chi connectivity index (χ2n) is 2.93. The molecule has 0 spiro atoms. The van der Waals surface area contributed by atoms with Crippen molar-refractivity contribution in [3.05, 3.63) is 40.6 Å². The molecule has 0 saturated carbocycles. The Morgan fingerprint density at radius 2 is 2.38 bits per heavy atom. The van der Waals surface area contributed by atoms with Crippen LogP contribution in [0.5, 0.6) is 0 Å². The van der Waals surface area contributed by atoms with E-state index in [4.69, 9.17) is 0 Å². The number of hydrogen-bond acceptors (Lipinski definition) is 2. The molecule has 1 aromatic rings. The van der Waals surface area contributed by atoms with Crippen LogP contribution in [-0.2, 0) is 6.54 Å². The zero-order valence-electron chi connectivity index (χ0n) is 7.68. The number of rotatable bonds is 4. The fourth-order valence-corrected chi connectivity index (χ4v) is 1.14. The predicted molar refractivity (Wildman–Crippen MR) is 58.7 cm³/mol. The highest BCUT2D eigenvalue weighted by Crippen LogP contribution is 2.00. The molecular weight excluding hydrogens is 228 g/mol. The summed E-state index contributed by atoms with van der Waals surface area (Å²) in [5.41, 5.74) is 2.24. The fraction of sp³-hybridized carbons (Fsp3) is 0.300. The van der Waals surface area contributed by atoms with E-state index in [-0.39, 0.29) is 0 Å². The molecule has 3 heteroatoms. The summed E-state index contributed by atoms with van der Waals surface area (Å²) < 4.78 is 0.965. The van der Waals surface area contributed by atoms with Crippen LogP contribution in [0.3, 0.4) is 0 Å². The van der Waals surface area contributed by atoms with Gasteiger partial charge in [-0.3, -0.25) is 4.98 Å². The summed E-state index contributed by atoms with van der Waals surface area (Å²) in [7, 11) is 0. The Morgan fingerprint density at radius 3 is 2.92 bits per heavy atom. The molecule has 0 unspecified atom stereocenters. The van der Waals surface area contributed by atoms with Crippen LogP contribution in [-0.4, -0.2) is 11.5 Å². The second kappa shape index (κ2) is 5.14. The van der Waals surface area contributed by atoms with Crippen molar-refractivity contribution in [2.24, 2.45) is 0 Å². The average Bonchev–Trinajstić information content (AvgIpc) is 2.08. The number of hydrogen-bond donors (Lipinski definition) is 1. The molecular formula is C10H13BrN2. The topological polar surface area (TPSA) is 24.9 Å². The van der Waals surface area contributed by atoms with Gasteiger partial charge in [-0.1, -0.05) is 28.6 Å². The van der Waals surface area contributed by atoms with E-state index in [0.717, 1.165) is 23.3 Å². The number of nitrogens with one attached hydrogen (secondary N) is 1. The molecule has 0 atom stereocenters. The van der Waals surface area contributed by atoms with Crippen molar-refractivity contribution in [1.29, 1.82) is 0 Å². The van der Waals surface area contributed by atoms with Crippen molar-refractivity contribution in [2.75, 3.05) is 6.54 Å². The molecule has 2 nitrogen and oxygen atoms in total. The van der Waals surface area contributed by atoms with Crippen LogP contribution in [0.1, 0.15) is 11.3 Å². The number of pyridine rings is 1. The summed E-state index contributed by atoms with van der Waals surface area (Å²) in [5, 5.41) is 3.23. The normalized spacial score (nSPS) is 10.0. The fourth-order valence-electron chi connectivity index (χ4n) is 0.945. The first-order valence-corrected chi connectivity index (χ1v) is 4.93. The summed E-state index contributed by atoms with van der Waals surface area (Å²) in [6, 6.07) is 4.09. The van der Waals surface area contributed by atoms with Crippen molar-refractivity contribution in [3.8, 4) is 0 Å². The summed E-state index contributed by atoms with van der Waals surface area (Å²) in [4.78, 5) is 4.20. The smallest absolute Gasteiger partial charge is 0.0372 e. The highest BCUT2D eigenvalue weighted by molar-refractivity contribution is 9.11. The van der Waals surface area contributed by atoms with Gasteiger partial charge < -0.3 is 5.32 Å². The van der Waals surface area contributed by atoms with Crippen molar-refractivity contribution in [2.45, 2.75) is 13.5 Å². The van der Waals surface area contributed by atoms with Crippen LogP contribution in [0, 0.1) is 6.92 Å². The van der Waals surface area contributed by atoms with Gasteiger partial charge in [0.2, 0.25) is 0 Å². The van der Waals surface area contributed by atoms with E-state index in [9.17, 15) is 0 Å². The quantitative estimate of drug-likeness (QED) is 0.875. The lowest BCUT2D eigenvalue weighted by molar-refractivity contribution is 0.753. The molecule has 0 aliphatic carbocycles. The van der Waals surface area contributed by atoms with E-state index in [1.807, 2.05) is 19.2 Å². The zero-order chi connectivity index (χ0) is 9.68. The Labute approximate surface area is 87.2 Å². The molecule has 0 radical (unpaired) electrons. The molecule has 0 aliphatic heterocycles. The molecule has 1 rings (SSSR count). The Hall–Kier alpha value is -0.670. The minimum atomic E-state index is 0.786. The maximum Gasteiger partial charge on any atom is 0.0372 e. The van der Waals surface area contributed by atoms with Crippen LogP contribution in [0.15, 0.2) is 29.4 Å². The van der Waals surface area contributed by atoms with Gasteiger partial charge in [-0.05, 0) is 18.6 Å². The molecule has 1 N–H and O–H groups in total. The molecule has 0 saturated heterocycles. The Balaban J connectivity index is 2.37. The van der Waals surface area contributed by atoms with Crippen LogP contribution in [0.25, 0.3) is 0 Å². The highest BCUT2D eigenvalue weighted by Gasteiger charge is 1.92. The number of aryl methyl sites for hydroxylation is 1. The van der Waals surface area contributed by atoms with Crippen molar-refractivity contribution in [1.82, 2.24) is 10.3 Å². The lowest BCUT2D eigenvalue weighted by atomic mass is 10.2. The van der Waals surface area contributed by atoms with Gasteiger partial charge in [-0.2, -0.15) is 0 Å². The molecule has 70 valence electrons. The van der Waals surface area contributed by atoms with E-state index in [1.165, 1.54) is 5.56 Å². The van der Waals surface area contributed by atoms with Gasteiger partial charge >= 0.3 is 0 Å². The Bertz CT molecular complexity index is 279. The minimum absolute atomic E-state index is 0.786. The molecule has 0 amide bonds. The van der Waals surface area contributed by atoms with E-state index < -0.39 is 0 Å². The van der Waals surface area contributed by atoms with Gasteiger partial charge in [-0.15, -0.1) is 0 Å². The first-order valence-electron chi connectivity index (χ1n) is 4.14. The molecule has 13 heavy (non-hydrogen) atoms. The lowest BCUT2D eigenvalue weighted by Gasteiger charge is -2.03. The number of nitrogens with zero attached hydrogens (tertiary/aromatic N) is 1. The van der Waals surface area contributed by atoms with Gasteiger partial charge in [-0.25, -0.2) is 0 Å². The monoisotopic (exact) mass is 240 g/mol. The second-order valence-corrected chi connectivity index (χ2v) is 4.05. The molecule has 0 aliphatic rings. The van der Waals surface area contributed by atoms with Gasteiger partial charge in [0.15, 0.2) is 0 Å². The molecule has 0 aromatic carbocycles. The van der Waals surface area contributed by atoms with Gasteiger partial charge in [0, 0.05) is 29.5 Å². The van der Waals surface area contributed by atoms with Crippen LogP contribution in [0.4, 0.5) is 0 Å². The first-order chi connectivity index (χ1) is 6.18. The predicted octanol–water partition coefficient (Wildman–Crippen LogP) is 2.39. The summed E-state index contributed by atoms with van der Waals surface area (Å²) in [6.07, 6.45) is 1.89. The van der Waals surface area contributed by atoms with Gasteiger partial charge in [0.25, 0.3) is 0 Å². The Kier molecular flexibility index (Phi) is 4.12. The summed E-state index contributed by atoms with van der Waals surface area (Å²) in [6.45, 7) is 7.34. The third-order valence-electron chi connectivity index (χ3n) is 1.62. The minimum Gasteiger partial charge on any atom is -0.308 e. The standard InChI is InChI=1S/C10H13BrN2/c1-8(11)5-12-6-10-4-3-9(2)13-7-10/h3-4,7,12H,1,5-6H2,2H3. The number of aromatic nitrogens is 1. The van der Waals surface area contributed by atoms with Crippen LogP contribution >= 0.6 is 15.9 Å². The average molecular weight is 241 g/mol. The van der Waals surface area contributed by atoms with Gasteiger partial charge in [0.05, 0.1) is 0 Å². The van der Waals surface area contributed by atoms with Crippen molar-refractivity contribution in [3.63, 3.8) is 0 Å². The van der Waals surface area contributed by atoms with E-state index >= 15 is 0 Å². The van der Waals surface area contributed by atoms with Crippen LogP contribution in [0.2, 0.25) is 0 Å². The third kappa shape index (κ3) is 4.20. The third-order valence-corrected chi connectivity index (χ3v) is 1.90. The van der Waals surface area contributed by atoms with E-state index in [2.05, 4.69) is 38.9 Å². The number of halogens is 1. The molecule has 1 heterocycles. The maximum absolute atomic E-state index is 4.20. The molecule has 0 fully saturated rings. The molecule has 0 bridgehead atoms. The Morgan fingerprint density at radius 1 is 1.62 bits per heavy atom. The summed E-state index contributed by atoms with van der Waals surface area (Å²) >= 11 is 3.29. The summed E-state index contributed by atoms with van der Waals surface area (Å²) in [5.74, 6) is 0. The highest BCUT2D eigenvalue weighted by atomic mass is 79.9. The van der Waals surface area contributed by atoms with Crippen LogP contribution < -0.4 is 5.32 Å². The van der Waals surface area contributed by atoms with Gasteiger partial charge in [0.1, 0.15) is 0 Å². The van der Waals surface area contributed by atoms with Crippen molar-refractivity contribution < 1.29 is 0 Å². The molecule has 1 aromatic heterocycles. The van der Waals surface area contributed by atoms with Crippen molar-refractivity contribution >= 4 is 15.9 Å². The first kappa shape index (κ1) is 10.4. The maximum atomic E-state index is 4.20. The largest absolute Gasteiger partial charge is 0.308 e. The zero-order valence-corrected chi connectivity index (χ0v) is 9.26. The SMILES string of the molecule is C=C(Br)CNCc1ccc(C)nc1.